The van der Waals surface area contributed by atoms with E-state index < -0.39 is 0 Å². The number of benzene rings is 1. The van der Waals surface area contributed by atoms with Gasteiger partial charge in [-0.05, 0) is 55.1 Å². The topological polar surface area (TPSA) is 9.23 Å². The maximum atomic E-state index is 5.67. The van der Waals surface area contributed by atoms with Crippen LogP contribution in [0.15, 0.2) is 24.3 Å². The Morgan fingerprint density at radius 2 is 1.65 bits per heavy atom. The first-order chi connectivity index (χ1) is 11.3. The van der Waals surface area contributed by atoms with Crippen molar-refractivity contribution >= 4 is 0 Å². The van der Waals surface area contributed by atoms with E-state index in [0.717, 1.165) is 37.9 Å². The van der Waals surface area contributed by atoms with Crippen LogP contribution in [-0.4, -0.2) is 13.2 Å². The molecule has 0 amide bonds. The van der Waals surface area contributed by atoms with Gasteiger partial charge in [-0.15, -0.1) is 0 Å². The number of aryl methyl sites for hydroxylation is 1. The summed E-state index contributed by atoms with van der Waals surface area (Å²) in [6.07, 6.45) is 10.2. The third-order valence-electron chi connectivity index (χ3n) is 4.79. The Bertz CT molecular complexity index is 381. The lowest BCUT2D eigenvalue weighted by atomic mass is 9.95. The number of rotatable bonds is 9. The molecule has 0 aliphatic heterocycles. The van der Waals surface area contributed by atoms with Gasteiger partial charge >= 0.3 is 0 Å². The summed E-state index contributed by atoms with van der Waals surface area (Å²) in [7, 11) is 0. The van der Waals surface area contributed by atoms with Crippen LogP contribution >= 0.6 is 0 Å². The van der Waals surface area contributed by atoms with Gasteiger partial charge in [-0.1, -0.05) is 71.2 Å². The summed E-state index contributed by atoms with van der Waals surface area (Å²) in [5, 5.41) is 0. The van der Waals surface area contributed by atoms with Crippen LogP contribution in [0.1, 0.15) is 89.7 Å². The largest absolute Gasteiger partial charge is 0.381 e. The van der Waals surface area contributed by atoms with Crippen LogP contribution in [0.4, 0.5) is 0 Å². The van der Waals surface area contributed by atoms with Gasteiger partial charge in [0.15, 0.2) is 0 Å². The van der Waals surface area contributed by atoms with Gasteiger partial charge < -0.3 is 4.74 Å². The van der Waals surface area contributed by atoms with Gasteiger partial charge in [-0.2, -0.15) is 0 Å². The lowest BCUT2D eigenvalue weighted by Crippen LogP contribution is -1.99. The molecule has 1 aromatic rings. The van der Waals surface area contributed by atoms with Crippen LogP contribution in [0.5, 0.6) is 0 Å². The minimum atomic E-state index is 0.816. The average molecular weight is 319 g/mol. The quantitative estimate of drug-likeness (QED) is 0.457. The third kappa shape index (κ3) is 8.01. The molecule has 0 bridgehead atoms. The second-order valence-corrected chi connectivity index (χ2v) is 6.78. The monoisotopic (exact) mass is 318 g/mol. The van der Waals surface area contributed by atoms with E-state index in [4.69, 9.17) is 4.74 Å². The minimum absolute atomic E-state index is 0.816. The highest BCUT2D eigenvalue weighted by Gasteiger charge is 2.22. The third-order valence-corrected chi connectivity index (χ3v) is 4.79. The van der Waals surface area contributed by atoms with E-state index in [2.05, 4.69) is 38.1 Å². The summed E-state index contributed by atoms with van der Waals surface area (Å²) in [6.45, 7) is 10.5. The smallest absolute Gasteiger partial charge is 0.0469 e. The van der Waals surface area contributed by atoms with Crippen LogP contribution in [0.2, 0.25) is 0 Å². The average Bonchev–Trinajstić information content (AvgIpc) is 3.03. The summed E-state index contributed by atoms with van der Waals surface area (Å²) in [5.74, 6) is 1.73. The van der Waals surface area contributed by atoms with Gasteiger partial charge in [0, 0.05) is 13.2 Å². The molecule has 0 N–H and O–H groups in total. The first-order valence-corrected chi connectivity index (χ1v) is 9.96. The zero-order valence-electron chi connectivity index (χ0n) is 15.9. The Labute approximate surface area is 144 Å². The van der Waals surface area contributed by atoms with Gasteiger partial charge in [-0.25, -0.2) is 0 Å². The fourth-order valence-corrected chi connectivity index (χ4v) is 3.40. The predicted molar refractivity (Wildman–Crippen MR) is 102 cm³/mol. The van der Waals surface area contributed by atoms with Gasteiger partial charge in [0.2, 0.25) is 0 Å². The van der Waals surface area contributed by atoms with Crippen molar-refractivity contribution in [2.75, 3.05) is 13.2 Å². The lowest BCUT2D eigenvalue weighted by Gasteiger charge is -2.11. The fraction of sp³-hybridized carbons (Fsp3) is 0.727. The summed E-state index contributed by atoms with van der Waals surface area (Å²) in [4.78, 5) is 0. The molecule has 2 atom stereocenters. The Morgan fingerprint density at radius 1 is 0.957 bits per heavy atom. The number of hydrogen-bond acceptors (Lipinski definition) is 1. The van der Waals surface area contributed by atoms with E-state index in [1.54, 1.807) is 5.56 Å². The molecule has 0 heterocycles. The molecule has 0 spiro atoms. The molecule has 2 unspecified atom stereocenters. The highest BCUT2D eigenvalue weighted by Crippen LogP contribution is 2.37. The van der Waals surface area contributed by atoms with E-state index >= 15 is 0 Å². The Balaban J connectivity index is 0.00000127. The molecule has 0 aromatic heterocycles. The SMILES string of the molecule is CC.CCCCCOCCCc1ccc(C2CCC(C)C2)cc1. The van der Waals surface area contributed by atoms with Gasteiger partial charge in [0.25, 0.3) is 0 Å². The van der Waals surface area contributed by atoms with E-state index in [1.165, 1.54) is 44.1 Å². The predicted octanol–water partition coefficient (Wildman–Crippen LogP) is 6.76. The van der Waals surface area contributed by atoms with Crippen molar-refractivity contribution in [3.63, 3.8) is 0 Å². The molecule has 0 radical (unpaired) electrons. The van der Waals surface area contributed by atoms with Gasteiger partial charge in [0.05, 0.1) is 0 Å². The summed E-state index contributed by atoms with van der Waals surface area (Å²) < 4.78 is 5.67. The molecular formula is C22H38O. The van der Waals surface area contributed by atoms with E-state index in [9.17, 15) is 0 Å². The molecule has 1 aliphatic carbocycles. The number of ether oxygens (including phenoxy) is 1. The van der Waals surface area contributed by atoms with Crippen LogP contribution in [-0.2, 0) is 11.2 Å². The molecule has 1 nitrogen and oxygen atoms in total. The molecule has 2 rings (SSSR count). The van der Waals surface area contributed by atoms with Crippen molar-refractivity contribution in [1.29, 1.82) is 0 Å². The highest BCUT2D eigenvalue weighted by atomic mass is 16.5. The first kappa shape index (κ1) is 20.2. The zero-order valence-corrected chi connectivity index (χ0v) is 15.9. The molecular weight excluding hydrogens is 280 g/mol. The fourth-order valence-electron chi connectivity index (χ4n) is 3.40. The Morgan fingerprint density at radius 3 is 2.26 bits per heavy atom. The van der Waals surface area contributed by atoms with Crippen LogP contribution in [0.25, 0.3) is 0 Å². The van der Waals surface area contributed by atoms with Crippen molar-refractivity contribution in [2.45, 2.75) is 85.0 Å². The molecule has 1 fully saturated rings. The van der Waals surface area contributed by atoms with Crippen molar-refractivity contribution in [2.24, 2.45) is 5.92 Å². The number of unbranched alkanes of at least 4 members (excludes halogenated alkanes) is 2. The Hall–Kier alpha value is -0.820. The van der Waals surface area contributed by atoms with E-state index in [-0.39, 0.29) is 0 Å². The van der Waals surface area contributed by atoms with Crippen molar-refractivity contribution in [3.05, 3.63) is 35.4 Å². The van der Waals surface area contributed by atoms with Crippen LogP contribution in [0.3, 0.4) is 0 Å². The van der Waals surface area contributed by atoms with Crippen molar-refractivity contribution < 1.29 is 4.74 Å². The standard InChI is InChI=1S/C20H32O.C2H6/c1-3-4-5-14-21-15-6-7-18-9-12-19(13-10-18)20-11-8-17(2)16-20;1-2/h9-10,12-13,17,20H,3-8,11,14-16H2,1-2H3;1-2H3. The van der Waals surface area contributed by atoms with Gasteiger partial charge in [0.1, 0.15) is 0 Å². The summed E-state index contributed by atoms with van der Waals surface area (Å²) in [6, 6.07) is 9.38. The molecule has 132 valence electrons. The normalized spacial score (nSPS) is 20.2. The second-order valence-electron chi connectivity index (χ2n) is 6.78. The van der Waals surface area contributed by atoms with Crippen LogP contribution < -0.4 is 0 Å². The Kier molecular flexibility index (Phi) is 11.1. The summed E-state index contributed by atoms with van der Waals surface area (Å²) in [5.41, 5.74) is 3.01. The second kappa shape index (κ2) is 12.6. The molecule has 1 aliphatic rings. The molecule has 1 saturated carbocycles. The lowest BCUT2D eigenvalue weighted by molar-refractivity contribution is 0.128. The van der Waals surface area contributed by atoms with Crippen molar-refractivity contribution in [3.8, 4) is 0 Å². The molecule has 0 saturated heterocycles. The molecule has 1 heteroatoms. The molecule has 1 aromatic carbocycles. The maximum Gasteiger partial charge on any atom is 0.0469 e. The first-order valence-electron chi connectivity index (χ1n) is 9.96. The molecule has 23 heavy (non-hydrogen) atoms. The van der Waals surface area contributed by atoms with Crippen molar-refractivity contribution in [1.82, 2.24) is 0 Å². The van der Waals surface area contributed by atoms with E-state index in [0.29, 0.717) is 0 Å². The minimum Gasteiger partial charge on any atom is -0.381 e. The van der Waals surface area contributed by atoms with Gasteiger partial charge in [-0.3, -0.25) is 0 Å². The highest BCUT2D eigenvalue weighted by molar-refractivity contribution is 5.26. The zero-order chi connectivity index (χ0) is 16.9. The van der Waals surface area contributed by atoms with E-state index in [1.807, 2.05) is 13.8 Å². The van der Waals surface area contributed by atoms with Crippen LogP contribution in [0, 0.1) is 5.92 Å². The maximum absolute atomic E-state index is 5.67. The number of hydrogen-bond donors (Lipinski definition) is 0. The summed E-state index contributed by atoms with van der Waals surface area (Å²) >= 11 is 0.